The summed E-state index contributed by atoms with van der Waals surface area (Å²) < 4.78 is 7.61. The number of piperidine rings is 1. The molecule has 32 heavy (non-hydrogen) atoms. The van der Waals surface area contributed by atoms with Crippen molar-refractivity contribution in [3.63, 3.8) is 0 Å². The van der Waals surface area contributed by atoms with Crippen molar-refractivity contribution >= 4 is 5.65 Å². The Kier molecular flexibility index (Phi) is 6.81. The number of rotatable bonds is 7. The van der Waals surface area contributed by atoms with Crippen molar-refractivity contribution in [3.05, 3.63) is 65.1 Å². The Labute approximate surface area is 191 Å². The highest BCUT2D eigenvalue weighted by atomic mass is 16.5. The molecule has 1 N–H and O–H groups in total. The summed E-state index contributed by atoms with van der Waals surface area (Å²) >= 11 is 0. The maximum atomic E-state index is 5.49. The predicted octanol–water partition coefficient (Wildman–Crippen LogP) is 3.93. The molecule has 0 radical (unpaired) electrons. The van der Waals surface area contributed by atoms with Crippen LogP contribution in [-0.2, 0) is 17.8 Å². The first-order chi connectivity index (χ1) is 15.8. The molecule has 2 fully saturated rings. The van der Waals surface area contributed by atoms with E-state index in [0.29, 0.717) is 11.8 Å². The molecule has 4 heterocycles. The minimum Gasteiger partial charge on any atom is -0.381 e. The van der Waals surface area contributed by atoms with Gasteiger partial charge in [-0.3, -0.25) is 4.90 Å². The summed E-state index contributed by atoms with van der Waals surface area (Å²) in [7, 11) is 0. The van der Waals surface area contributed by atoms with Crippen LogP contribution in [0.2, 0.25) is 0 Å². The van der Waals surface area contributed by atoms with Crippen molar-refractivity contribution in [2.75, 3.05) is 32.8 Å². The highest BCUT2D eigenvalue weighted by molar-refractivity contribution is 5.50. The number of fused-ring (bicyclic) bond motifs is 1. The van der Waals surface area contributed by atoms with Gasteiger partial charge in [0.2, 0.25) is 0 Å². The molecule has 0 saturated carbocycles. The van der Waals surface area contributed by atoms with Gasteiger partial charge < -0.3 is 10.1 Å². The third kappa shape index (κ3) is 4.87. The van der Waals surface area contributed by atoms with E-state index in [9.17, 15) is 0 Å². The van der Waals surface area contributed by atoms with Gasteiger partial charge in [0.05, 0.1) is 11.4 Å². The van der Waals surface area contributed by atoms with Crippen molar-refractivity contribution in [2.24, 2.45) is 5.92 Å². The molecule has 6 nitrogen and oxygen atoms in total. The first kappa shape index (κ1) is 21.6. The average Bonchev–Trinajstić information content (AvgIpc) is 3.16. The molecule has 170 valence electrons. The second-order valence-electron chi connectivity index (χ2n) is 9.42. The zero-order valence-corrected chi connectivity index (χ0v) is 19.2. The summed E-state index contributed by atoms with van der Waals surface area (Å²) in [5.41, 5.74) is 6.02. The number of nitrogens with zero attached hydrogens (tertiary/aromatic N) is 4. The highest BCUT2D eigenvalue weighted by Gasteiger charge is 2.25. The number of aryl methyl sites for hydroxylation is 1. The molecule has 0 bridgehead atoms. The number of ether oxygens (including phenoxy) is 1. The zero-order chi connectivity index (χ0) is 21.8. The second kappa shape index (κ2) is 10.1. The van der Waals surface area contributed by atoms with Gasteiger partial charge in [0.25, 0.3) is 0 Å². The first-order valence-corrected chi connectivity index (χ1v) is 12.2. The molecule has 2 aliphatic heterocycles. The van der Waals surface area contributed by atoms with Gasteiger partial charge in [0.15, 0.2) is 5.65 Å². The fraction of sp³-hybridized carbons (Fsp3) is 0.538. The quantitative estimate of drug-likeness (QED) is 0.612. The number of nitrogens with one attached hydrogen (secondary N) is 1. The Bertz CT molecular complexity index is 1010. The molecule has 1 atom stereocenters. The Morgan fingerprint density at radius 1 is 1.09 bits per heavy atom. The van der Waals surface area contributed by atoms with Gasteiger partial charge in [-0.25, -0.2) is 9.50 Å². The lowest BCUT2D eigenvalue weighted by atomic mass is 9.94. The molecular formula is C26H35N5O. The molecular weight excluding hydrogens is 398 g/mol. The lowest BCUT2D eigenvalue weighted by molar-refractivity contribution is 0.0662. The number of hydrogen-bond donors (Lipinski definition) is 1. The maximum absolute atomic E-state index is 5.49. The second-order valence-corrected chi connectivity index (χ2v) is 9.42. The van der Waals surface area contributed by atoms with Crippen molar-refractivity contribution in [3.8, 4) is 0 Å². The van der Waals surface area contributed by atoms with Gasteiger partial charge in [0.1, 0.15) is 0 Å². The third-order valence-corrected chi connectivity index (χ3v) is 7.09. The van der Waals surface area contributed by atoms with Gasteiger partial charge in [0, 0.05) is 50.5 Å². The lowest BCUT2D eigenvalue weighted by Crippen LogP contribution is -2.34. The highest BCUT2D eigenvalue weighted by Crippen LogP contribution is 2.29. The van der Waals surface area contributed by atoms with Gasteiger partial charge in [-0.1, -0.05) is 30.3 Å². The lowest BCUT2D eigenvalue weighted by Gasteiger charge is -2.33. The fourth-order valence-corrected chi connectivity index (χ4v) is 5.26. The van der Waals surface area contributed by atoms with Crippen LogP contribution in [0.25, 0.3) is 5.65 Å². The van der Waals surface area contributed by atoms with E-state index in [2.05, 4.69) is 58.1 Å². The Morgan fingerprint density at radius 3 is 2.78 bits per heavy atom. The summed E-state index contributed by atoms with van der Waals surface area (Å²) in [6.45, 7) is 9.04. The summed E-state index contributed by atoms with van der Waals surface area (Å²) in [6, 6.07) is 13.0. The molecule has 6 heteroatoms. The fourth-order valence-electron chi connectivity index (χ4n) is 5.26. The topological polar surface area (TPSA) is 54.7 Å². The van der Waals surface area contributed by atoms with E-state index in [1.807, 2.05) is 6.20 Å². The van der Waals surface area contributed by atoms with Crippen LogP contribution < -0.4 is 5.32 Å². The molecule has 1 aromatic carbocycles. The van der Waals surface area contributed by atoms with E-state index in [1.54, 1.807) is 0 Å². The van der Waals surface area contributed by atoms with Crippen LogP contribution in [0, 0.1) is 12.8 Å². The van der Waals surface area contributed by atoms with E-state index in [0.717, 1.165) is 63.6 Å². The van der Waals surface area contributed by atoms with Crippen LogP contribution in [0.5, 0.6) is 0 Å². The summed E-state index contributed by atoms with van der Waals surface area (Å²) in [4.78, 5) is 7.32. The van der Waals surface area contributed by atoms with Crippen LogP contribution in [-0.4, -0.2) is 52.3 Å². The molecule has 2 aliphatic rings. The third-order valence-electron chi connectivity index (χ3n) is 7.09. The molecule has 0 amide bonds. The van der Waals surface area contributed by atoms with E-state index < -0.39 is 0 Å². The standard InChI is InChI=1S/C26H35N5O/c1-20-24(17-27-16-21-10-14-32-15-11-21)26-28-12-9-25(31(26)29-20)23-8-5-13-30(19-23)18-22-6-3-2-4-7-22/h2-4,6-7,9,12,21,23,27H,5,8,10-11,13-19H2,1H3/t23-/m1/s1. The van der Waals surface area contributed by atoms with Gasteiger partial charge >= 0.3 is 0 Å². The Morgan fingerprint density at radius 2 is 1.94 bits per heavy atom. The monoisotopic (exact) mass is 433 g/mol. The molecule has 0 spiro atoms. The summed E-state index contributed by atoms with van der Waals surface area (Å²) in [6.07, 6.45) is 6.72. The van der Waals surface area contributed by atoms with E-state index in [-0.39, 0.29) is 0 Å². The van der Waals surface area contributed by atoms with Gasteiger partial charge in [-0.05, 0) is 63.2 Å². The van der Waals surface area contributed by atoms with Crippen molar-refractivity contribution in [1.82, 2.24) is 24.8 Å². The minimum absolute atomic E-state index is 0.486. The van der Waals surface area contributed by atoms with Gasteiger partial charge in [-0.15, -0.1) is 0 Å². The predicted molar refractivity (Wildman–Crippen MR) is 127 cm³/mol. The van der Waals surface area contributed by atoms with Crippen molar-refractivity contribution in [2.45, 2.75) is 51.6 Å². The molecule has 2 aromatic heterocycles. The first-order valence-electron chi connectivity index (χ1n) is 12.2. The van der Waals surface area contributed by atoms with Crippen LogP contribution in [0.15, 0.2) is 42.6 Å². The number of benzene rings is 1. The van der Waals surface area contributed by atoms with Crippen LogP contribution >= 0.6 is 0 Å². The molecule has 0 aliphatic carbocycles. The summed E-state index contributed by atoms with van der Waals surface area (Å²) in [5, 5.41) is 8.61. The normalized spacial score (nSPS) is 20.7. The molecule has 2 saturated heterocycles. The molecule has 5 rings (SSSR count). The smallest absolute Gasteiger partial charge is 0.159 e. The Hall–Kier alpha value is -2.28. The largest absolute Gasteiger partial charge is 0.381 e. The minimum atomic E-state index is 0.486. The van der Waals surface area contributed by atoms with Gasteiger partial charge in [-0.2, -0.15) is 5.10 Å². The van der Waals surface area contributed by atoms with E-state index >= 15 is 0 Å². The van der Waals surface area contributed by atoms with Crippen molar-refractivity contribution in [1.29, 1.82) is 0 Å². The zero-order valence-electron chi connectivity index (χ0n) is 19.2. The molecule has 0 unspecified atom stereocenters. The van der Waals surface area contributed by atoms with Crippen molar-refractivity contribution < 1.29 is 4.74 Å². The van der Waals surface area contributed by atoms with E-state index in [1.165, 1.54) is 36.2 Å². The number of hydrogen-bond acceptors (Lipinski definition) is 5. The van der Waals surface area contributed by atoms with Crippen LogP contribution in [0.1, 0.15) is 54.1 Å². The average molecular weight is 434 g/mol. The molecule has 3 aromatic rings. The maximum Gasteiger partial charge on any atom is 0.159 e. The Balaban J connectivity index is 1.29. The van der Waals surface area contributed by atoms with E-state index in [4.69, 9.17) is 14.8 Å². The SMILES string of the molecule is Cc1nn2c([C@@H]3CCCN(Cc4ccccc4)C3)ccnc2c1CNCC1CCOCC1. The number of likely N-dealkylation sites (tertiary alicyclic amines) is 1. The van der Waals surface area contributed by atoms with Crippen LogP contribution in [0.3, 0.4) is 0 Å². The van der Waals surface area contributed by atoms with Crippen LogP contribution in [0.4, 0.5) is 0 Å². The number of aromatic nitrogens is 3. The summed E-state index contributed by atoms with van der Waals surface area (Å²) in [5.74, 6) is 1.20.